The minimum Gasteiger partial charge on any atom is -0.480 e. The van der Waals surface area contributed by atoms with Crippen LogP contribution in [0.3, 0.4) is 0 Å². The lowest BCUT2D eigenvalue weighted by molar-refractivity contribution is -0.138. The molecule has 0 aliphatic carbocycles. The minimum atomic E-state index is -0.811. The Kier molecular flexibility index (Phi) is 5.38. The number of piperazine rings is 1. The van der Waals surface area contributed by atoms with Gasteiger partial charge in [0.15, 0.2) is 0 Å². The molecule has 3 rings (SSSR count). The van der Waals surface area contributed by atoms with Gasteiger partial charge in [-0.3, -0.25) is 24.9 Å². The van der Waals surface area contributed by atoms with Crippen molar-refractivity contribution >= 4 is 23.6 Å². The van der Waals surface area contributed by atoms with E-state index in [1.54, 1.807) is 29.2 Å². The van der Waals surface area contributed by atoms with Crippen LogP contribution in [0.1, 0.15) is 5.56 Å². The number of anilines is 1. The second-order valence-electron chi connectivity index (χ2n) is 6.55. The summed E-state index contributed by atoms with van der Waals surface area (Å²) < 4.78 is 5.47. The molecule has 1 aromatic rings. The van der Waals surface area contributed by atoms with Gasteiger partial charge in [-0.05, 0) is 24.3 Å². The van der Waals surface area contributed by atoms with Gasteiger partial charge in [-0.25, -0.2) is 4.79 Å². The van der Waals surface area contributed by atoms with Crippen LogP contribution in [-0.4, -0.2) is 84.7 Å². The number of carboxylic acids is 1. The van der Waals surface area contributed by atoms with E-state index >= 15 is 0 Å². The summed E-state index contributed by atoms with van der Waals surface area (Å²) in [5.41, 5.74) is 6.77. The first-order valence-electron chi connectivity index (χ1n) is 8.51. The van der Waals surface area contributed by atoms with Crippen LogP contribution in [0.4, 0.5) is 10.5 Å². The summed E-state index contributed by atoms with van der Waals surface area (Å²) in [5, 5.41) is 16.3. The molecule has 1 amide bonds. The molecule has 2 aliphatic rings. The highest BCUT2D eigenvalue weighted by Gasteiger charge is 2.34. The Bertz CT molecular complexity index is 685. The summed E-state index contributed by atoms with van der Waals surface area (Å²) in [6.07, 6.45) is -0.601. The number of hydrogen-bond donors (Lipinski definition) is 3. The van der Waals surface area contributed by atoms with Crippen LogP contribution < -0.4 is 10.6 Å². The van der Waals surface area contributed by atoms with Crippen molar-refractivity contribution in [1.29, 1.82) is 5.41 Å². The third kappa shape index (κ3) is 4.30. The Labute approximate surface area is 151 Å². The summed E-state index contributed by atoms with van der Waals surface area (Å²) in [4.78, 5) is 28.6. The lowest BCUT2D eigenvalue weighted by Gasteiger charge is -2.34. The summed E-state index contributed by atoms with van der Waals surface area (Å²) in [6, 6.07) is 6.93. The third-order valence-electron chi connectivity index (χ3n) is 4.65. The zero-order valence-electron chi connectivity index (χ0n) is 14.4. The summed E-state index contributed by atoms with van der Waals surface area (Å²) in [7, 11) is 0. The van der Waals surface area contributed by atoms with Crippen molar-refractivity contribution < 1.29 is 19.4 Å². The van der Waals surface area contributed by atoms with Gasteiger partial charge >= 0.3 is 12.1 Å². The van der Waals surface area contributed by atoms with Crippen LogP contribution in [0.2, 0.25) is 0 Å². The molecule has 0 spiro atoms. The smallest absolute Gasteiger partial charge is 0.414 e. The number of rotatable bonds is 6. The number of amidine groups is 1. The number of nitrogens with zero attached hydrogens (tertiary/aromatic N) is 3. The van der Waals surface area contributed by atoms with Gasteiger partial charge in [0.05, 0.1) is 13.1 Å². The van der Waals surface area contributed by atoms with E-state index in [1.165, 1.54) is 0 Å². The number of carbonyl (C=O) groups is 2. The van der Waals surface area contributed by atoms with Crippen molar-refractivity contribution in [3.63, 3.8) is 0 Å². The van der Waals surface area contributed by atoms with E-state index in [0.29, 0.717) is 37.4 Å². The monoisotopic (exact) mass is 361 g/mol. The minimum absolute atomic E-state index is 0.0135. The number of amides is 1. The molecule has 9 heteroatoms. The quantitative estimate of drug-likeness (QED) is 0.481. The second kappa shape index (κ2) is 7.71. The van der Waals surface area contributed by atoms with Crippen LogP contribution >= 0.6 is 0 Å². The average molecular weight is 361 g/mol. The first-order valence-corrected chi connectivity index (χ1v) is 8.51. The highest BCUT2D eigenvalue weighted by atomic mass is 16.6. The van der Waals surface area contributed by atoms with Crippen LogP contribution in [0.15, 0.2) is 24.3 Å². The average Bonchev–Trinajstić information content (AvgIpc) is 2.96. The number of carboxylic acid groups (broad SMARTS) is 1. The predicted octanol–water partition coefficient (Wildman–Crippen LogP) is -0.00193. The van der Waals surface area contributed by atoms with E-state index in [0.717, 1.165) is 13.1 Å². The summed E-state index contributed by atoms with van der Waals surface area (Å²) in [5.74, 6) is -0.824. The zero-order valence-corrected chi connectivity index (χ0v) is 14.4. The molecule has 0 bridgehead atoms. The van der Waals surface area contributed by atoms with Gasteiger partial charge in [0, 0.05) is 44.0 Å². The van der Waals surface area contributed by atoms with Gasteiger partial charge < -0.3 is 15.6 Å². The van der Waals surface area contributed by atoms with Gasteiger partial charge in [0.2, 0.25) is 0 Å². The molecular weight excluding hydrogens is 338 g/mol. The number of benzene rings is 1. The van der Waals surface area contributed by atoms with Gasteiger partial charge in [-0.2, -0.15) is 0 Å². The first-order chi connectivity index (χ1) is 12.4. The van der Waals surface area contributed by atoms with Crippen LogP contribution in [0.5, 0.6) is 0 Å². The number of nitrogens with two attached hydrogens (primary N) is 1. The Balaban J connectivity index is 1.52. The van der Waals surface area contributed by atoms with Crippen molar-refractivity contribution in [3.05, 3.63) is 29.8 Å². The Morgan fingerprint density at radius 1 is 1.19 bits per heavy atom. The van der Waals surface area contributed by atoms with E-state index in [4.69, 9.17) is 21.0 Å². The van der Waals surface area contributed by atoms with Gasteiger partial charge in [-0.15, -0.1) is 0 Å². The molecule has 0 unspecified atom stereocenters. The molecule has 0 aromatic heterocycles. The Hall–Kier alpha value is -2.65. The lowest BCUT2D eigenvalue weighted by Crippen LogP contribution is -2.50. The molecular formula is C17H23N5O4. The number of nitrogens with one attached hydrogen (secondary N) is 1. The van der Waals surface area contributed by atoms with E-state index in [2.05, 4.69) is 4.90 Å². The Morgan fingerprint density at radius 2 is 1.81 bits per heavy atom. The third-order valence-corrected chi connectivity index (χ3v) is 4.65. The summed E-state index contributed by atoms with van der Waals surface area (Å²) in [6.45, 7) is 4.08. The normalized spacial score (nSPS) is 21.6. The molecule has 2 heterocycles. The zero-order chi connectivity index (χ0) is 18.7. The maximum atomic E-state index is 12.2. The maximum Gasteiger partial charge on any atom is 0.414 e. The predicted molar refractivity (Wildman–Crippen MR) is 95.6 cm³/mol. The van der Waals surface area contributed by atoms with E-state index in [-0.39, 0.29) is 24.6 Å². The summed E-state index contributed by atoms with van der Waals surface area (Å²) >= 11 is 0. The van der Waals surface area contributed by atoms with E-state index < -0.39 is 5.97 Å². The molecule has 2 aliphatic heterocycles. The topological polar surface area (TPSA) is 123 Å². The number of aliphatic carboxylic acids is 1. The molecule has 0 radical (unpaired) electrons. The molecule has 140 valence electrons. The molecule has 0 saturated carbocycles. The largest absolute Gasteiger partial charge is 0.480 e. The van der Waals surface area contributed by atoms with Crippen molar-refractivity contribution in [2.45, 2.75) is 6.10 Å². The fourth-order valence-electron chi connectivity index (χ4n) is 3.26. The Morgan fingerprint density at radius 3 is 2.38 bits per heavy atom. The molecule has 26 heavy (non-hydrogen) atoms. The molecule has 2 saturated heterocycles. The molecule has 9 nitrogen and oxygen atoms in total. The molecule has 1 aromatic carbocycles. The van der Waals surface area contributed by atoms with Crippen molar-refractivity contribution in [3.8, 4) is 0 Å². The molecule has 4 N–H and O–H groups in total. The standard InChI is InChI=1S/C17H23N5O4/c18-16(19)12-1-3-13(4-2-12)22-10-14(26-17(22)25)9-20-5-7-21(8-6-20)11-15(23)24/h1-4,14H,5-11H2,(H3,18,19)(H,23,24)/t14-/m0/s1. The number of hydrogen-bond acceptors (Lipinski definition) is 6. The highest BCUT2D eigenvalue weighted by Crippen LogP contribution is 2.22. The van der Waals surface area contributed by atoms with Gasteiger partial charge in [0.1, 0.15) is 11.9 Å². The number of carbonyl (C=O) groups excluding carboxylic acids is 1. The SMILES string of the molecule is N=C(N)c1ccc(N2C[C@H](CN3CCN(CC(=O)O)CC3)OC2=O)cc1. The lowest BCUT2D eigenvalue weighted by atomic mass is 10.2. The van der Waals surface area contributed by atoms with Crippen molar-refractivity contribution in [1.82, 2.24) is 9.80 Å². The number of nitrogen functional groups attached to an aromatic ring is 1. The van der Waals surface area contributed by atoms with Gasteiger partial charge in [0.25, 0.3) is 0 Å². The second-order valence-corrected chi connectivity index (χ2v) is 6.55. The first kappa shape index (κ1) is 18.2. The highest BCUT2D eigenvalue weighted by molar-refractivity contribution is 5.96. The fraction of sp³-hybridized carbons (Fsp3) is 0.471. The van der Waals surface area contributed by atoms with E-state index in [9.17, 15) is 9.59 Å². The molecule has 2 fully saturated rings. The van der Waals surface area contributed by atoms with Crippen LogP contribution in [-0.2, 0) is 9.53 Å². The number of cyclic esters (lactones) is 1. The fourth-order valence-corrected chi connectivity index (χ4v) is 3.26. The van der Waals surface area contributed by atoms with Crippen LogP contribution in [0, 0.1) is 5.41 Å². The van der Waals surface area contributed by atoms with Crippen molar-refractivity contribution in [2.24, 2.45) is 5.73 Å². The maximum absolute atomic E-state index is 12.2. The molecule has 1 atom stereocenters. The van der Waals surface area contributed by atoms with Crippen LogP contribution in [0.25, 0.3) is 0 Å². The van der Waals surface area contributed by atoms with Gasteiger partial charge in [-0.1, -0.05) is 0 Å². The van der Waals surface area contributed by atoms with E-state index in [1.807, 2.05) is 4.90 Å². The van der Waals surface area contributed by atoms with Crippen molar-refractivity contribution in [2.75, 3.05) is 50.7 Å². The number of ether oxygens (including phenoxy) is 1.